The van der Waals surface area contributed by atoms with Crippen LogP contribution in [0.25, 0.3) is 0 Å². The van der Waals surface area contributed by atoms with E-state index in [2.05, 4.69) is 50.2 Å². The third kappa shape index (κ3) is 14.0. The van der Waals surface area contributed by atoms with Crippen molar-refractivity contribution in [3.63, 3.8) is 0 Å². The molecule has 0 N–H and O–H groups in total. The number of nitrogens with zero attached hydrogens (tertiary/aromatic N) is 2. The minimum atomic E-state index is 0. The average Bonchev–Trinajstić information content (AvgIpc) is 3.25. The molecule has 0 bridgehead atoms. The maximum Gasteiger partial charge on any atom is 0.103 e. The van der Waals surface area contributed by atoms with Gasteiger partial charge in [0.15, 0.2) is 0 Å². The Bertz CT molecular complexity index is 810. The minimum Gasteiger partial charge on any atom is -0.466 e. The third-order valence-corrected chi connectivity index (χ3v) is 5.64. The molecule has 0 atom stereocenters. The van der Waals surface area contributed by atoms with Gasteiger partial charge in [-0.1, -0.05) is 0 Å². The summed E-state index contributed by atoms with van der Waals surface area (Å²) in [5, 5.41) is 4.13. The van der Waals surface area contributed by atoms with Gasteiger partial charge < -0.3 is 28.2 Å². The van der Waals surface area contributed by atoms with Crippen LogP contribution >= 0.6 is 11.3 Å². The molecule has 3 aromatic rings. The van der Waals surface area contributed by atoms with Crippen molar-refractivity contribution >= 4 is 11.3 Å². The summed E-state index contributed by atoms with van der Waals surface area (Å²) in [6.07, 6.45) is 7.76. The molecule has 1 radical (unpaired) electrons. The van der Waals surface area contributed by atoms with Crippen LogP contribution < -0.4 is 0 Å². The molecule has 0 unspecified atom stereocenters. The molecule has 32 heavy (non-hydrogen) atoms. The Morgan fingerprint density at radius 1 is 0.969 bits per heavy atom. The molecule has 0 amide bonds. The molecule has 3 rings (SSSR count). The largest absolute Gasteiger partial charge is 0.466 e. The van der Waals surface area contributed by atoms with Crippen LogP contribution in [0.5, 0.6) is 0 Å². The summed E-state index contributed by atoms with van der Waals surface area (Å²) in [5.41, 5.74) is 6.10. The van der Waals surface area contributed by atoms with Crippen LogP contribution in [0.15, 0.2) is 34.3 Å². The predicted octanol–water partition coefficient (Wildman–Crippen LogP) is 8.05. The Morgan fingerprint density at radius 2 is 1.56 bits per heavy atom. The van der Waals surface area contributed by atoms with Crippen LogP contribution in [0.2, 0.25) is 0 Å². The van der Waals surface area contributed by atoms with Gasteiger partial charge in [-0.15, -0.1) is 32.1 Å². The summed E-state index contributed by atoms with van der Waals surface area (Å²) in [4.78, 5) is 2.86. The summed E-state index contributed by atoms with van der Waals surface area (Å²) in [5.74, 6) is 2.03. The summed E-state index contributed by atoms with van der Waals surface area (Å²) >= 11 is 1.87. The van der Waals surface area contributed by atoms with Gasteiger partial charge in [-0.25, -0.2) is 0 Å². The third-order valence-electron chi connectivity index (χ3n) is 4.57. The number of hydrogen-bond acceptors (Lipinski definition) is 3. The van der Waals surface area contributed by atoms with Crippen molar-refractivity contribution < 1.29 is 37.1 Å². The fourth-order valence-corrected chi connectivity index (χ4v) is 3.48. The normalized spacial score (nSPS) is 10.3. The monoisotopic (exact) mass is 529 g/mol. The van der Waals surface area contributed by atoms with Crippen molar-refractivity contribution in [3.8, 4) is 0 Å². The summed E-state index contributed by atoms with van der Waals surface area (Å²) in [7, 11) is 1.95. The Hall–Kier alpha value is -1.23. The van der Waals surface area contributed by atoms with Crippen LogP contribution in [0.1, 0.15) is 64.6 Å². The average molecular weight is 530 g/mol. The SMILES string of the molecule is C[C-]=CC(C)=[C-]C.Cc1cc(C)c(C)o1.Cc1cc(C)c(C)s1.Cc1cc(C)n(C)n1.[Y]. The van der Waals surface area contributed by atoms with Gasteiger partial charge >= 0.3 is 0 Å². The Morgan fingerprint density at radius 3 is 1.69 bits per heavy atom. The predicted molar refractivity (Wildman–Crippen MR) is 136 cm³/mol. The van der Waals surface area contributed by atoms with E-state index in [4.69, 9.17) is 4.42 Å². The molecule has 3 heterocycles. The van der Waals surface area contributed by atoms with Gasteiger partial charge in [-0.05, 0) is 84.7 Å². The molecule has 0 fully saturated rings. The van der Waals surface area contributed by atoms with Crippen molar-refractivity contribution in [1.29, 1.82) is 0 Å². The van der Waals surface area contributed by atoms with Gasteiger partial charge in [0.25, 0.3) is 0 Å². The zero-order chi connectivity index (χ0) is 24.1. The zero-order valence-corrected chi connectivity index (χ0v) is 25.8. The maximum absolute atomic E-state index is 5.21. The van der Waals surface area contributed by atoms with E-state index in [1.54, 1.807) is 0 Å². The van der Waals surface area contributed by atoms with Gasteiger partial charge in [-0.2, -0.15) is 5.10 Å². The Kier molecular flexibility index (Phi) is 17.8. The summed E-state index contributed by atoms with van der Waals surface area (Å²) < 4.78 is 7.08. The van der Waals surface area contributed by atoms with E-state index in [-0.39, 0.29) is 32.7 Å². The molecule has 3 aromatic heterocycles. The Balaban J connectivity index is 0. The van der Waals surface area contributed by atoms with Gasteiger partial charge in [-0.3, -0.25) is 4.68 Å². The molecule has 0 aromatic carbocycles. The topological polar surface area (TPSA) is 31.0 Å². The van der Waals surface area contributed by atoms with Gasteiger partial charge in [0.1, 0.15) is 11.5 Å². The number of furan rings is 1. The second-order valence-corrected chi connectivity index (χ2v) is 9.07. The van der Waals surface area contributed by atoms with Crippen molar-refractivity contribution in [3.05, 3.63) is 85.8 Å². The van der Waals surface area contributed by atoms with Crippen molar-refractivity contribution in [2.24, 2.45) is 7.05 Å². The molecule has 5 heteroatoms. The number of allylic oxidation sites excluding steroid dienone is 4. The van der Waals surface area contributed by atoms with Crippen molar-refractivity contribution in [2.45, 2.75) is 76.2 Å². The number of aromatic nitrogens is 2. The van der Waals surface area contributed by atoms with E-state index in [1.165, 1.54) is 26.6 Å². The molecule has 0 spiro atoms. The van der Waals surface area contributed by atoms with E-state index in [0.717, 1.165) is 22.8 Å². The van der Waals surface area contributed by atoms with Crippen LogP contribution in [-0.2, 0) is 39.8 Å². The first-order valence-electron chi connectivity index (χ1n) is 10.5. The quantitative estimate of drug-likeness (QED) is 0.236. The van der Waals surface area contributed by atoms with E-state index in [9.17, 15) is 0 Å². The van der Waals surface area contributed by atoms with Crippen LogP contribution in [0, 0.1) is 67.5 Å². The van der Waals surface area contributed by atoms with Gasteiger partial charge in [0.2, 0.25) is 0 Å². The van der Waals surface area contributed by atoms with E-state index < -0.39 is 0 Å². The first-order valence-corrected chi connectivity index (χ1v) is 11.3. The second-order valence-electron chi connectivity index (χ2n) is 7.61. The van der Waals surface area contributed by atoms with Crippen molar-refractivity contribution in [1.82, 2.24) is 9.78 Å². The number of hydrogen-bond donors (Lipinski definition) is 0. The number of aryl methyl sites for hydroxylation is 9. The summed E-state index contributed by atoms with van der Waals surface area (Å²) in [6, 6.07) is 6.31. The van der Waals surface area contributed by atoms with E-state index in [1.807, 2.05) is 90.6 Å². The number of rotatable bonds is 1. The van der Waals surface area contributed by atoms with E-state index >= 15 is 0 Å². The van der Waals surface area contributed by atoms with Crippen LogP contribution in [0.3, 0.4) is 0 Å². The molecule has 3 nitrogen and oxygen atoms in total. The maximum atomic E-state index is 5.21. The molecular formula is C27H40N2OSY-2. The molecule has 0 saturated heterocycles. The van der Waals surface area contributed by atoms with E-state index in [0.29, 0.717) is 0 Å². The van der Waals surface area contributed by atoms with Crippen molar-refractivity contribution in [2.75, 3.05) is 0 Å². The van der Waals surface area contributed by atoms with Gasteiger partial charge in [0.05, 0.1) is 5.69 Å². The molecule has 175 valence electrons. The van der Waals surface area contributed by atoms with Crippen LogP contribution in [-0.4, -0.2) is 9.78 Å². The minimum absolute atomic E-state index is 0. The number of thiophene rings is 1. The fourth-order valence-electron chi connectivity index (χ4n) is 2.54. The summed E-state index contributed by atoms with van der Waals surface area (Å²) in [6.45, 7) is 22.2. The molecular weight excluding hydrogens is 489 g/mol. The first-order chi connectivity index (χ1) is 14.4. The second kappa shape index (κ2) is 17.3. The first kappa shape index (κ1) is 33.0. The molecule has 0 aliphatic heterocycles. The zero-order valence-electron chi connectivity index (χ0n) is 22.1. The van der Waals surface area contributed by atoms with Gasteiger partial charge in [0, 0.05) is 55.2 Å². The Labute approximate surface area is 225 Å². The molecule has 0 saturated carbocycles. The standard InChI is InChI=1S/C7H10O.C7H10S.C7H10.C6H10N2.Y/c2*1-5-4-6(2)8-7(5)3;1-4-6-7(3)5-2;1-5-4-6(2)8(3)7-5;/h2*4H,1-3H3;6H,1-3H3;4H,1-3H3;/q;;-2;;. The van der Waals surface area contributed by atoms with Crippen LogP contribution in [0.4, 0.5) is 0 Å². The smallest absolute Gasteiger partial charge is 0.103 e. The molecule has 0 aliphatic carbocycles. The molecule has 0 aliphatic rings. The fraction of sp³-hybridized carbons (Fsp3) is 0.444.